The number of likely N-dealkylation sites (N-methyl/N-ethyl adjacent to an activating group) is 1. The summed E-state index contributed by atoms with van der Waals surface area (Å²) in [6.45, 7) is -0.513. The van der Waals surface area contributed by atoms with Crippen LogP contribution >= 0.6 is 11.6 Å². The lowest BCUT2D eigenvalue weighted by Crippen LogP contribution is -2.37. The van der Waals surface area contributed by atoms with E-state index >= 15 is 0 Å². The molecule has 1 aromatic carbocycles. The van der Waals surface area contributed by atoms with Crippen molar-refractivity contribution in [2.45, 2.75) is 0 Å². The number of hydrogen-bond acceptors (Lipinski definition) is 5. The quantitative estimate of drug-likeness (QED) is 0.587. The Hall–Kier alpha value is -2.35. The molecule has 8 nitrogen and oxygen atoms in total. The average molecular weight is 302 g/mol. The largest absolute Gasteiger partial charge is 0.482 e. The molecule has 0 saturated heterocycles. The predicted octanol–water partition coefficient (Wildman–Crippen LogP) is 0.489. The lowest BCUT2D eigenvalue weighted by atomic mass is 10.3. The molecule has 0 aliphatic carbocycles. The first-order chi connectivity index (χ1) is 9.43. The number of nitrogens with one attached hydrogen (secondary N) is 2. The highest BCUT2D eigenvalue weighted by Gasteiger charge is 2.11. The third-order valence-corrected chi connectivity index (χ3v) is 2.51. The monoisotopic (exact) mass is 301 g/mol. The number of amides is 2. The number of hydrogen-bond donors (Lipinski definition) is 2. The van der Waals surface area contributed by atoms with Gasteiger partial charge >= 0.3 is 0 Å². The van der Waals surface area contributed by atoms with Gasteiger partial charge in [-0.05, 0) is 6.07 Å². The van der Waals surface area contributed by atoms with Gasteiger partial charge in [0.05, 0.1) is 16.5 Å². The molecule has 0 unspecified atom stereocenters. The van der Waals surface area contributed by atoms with Gasteiger partial charge in [-0.25, -0.2) is 0 Å². The highest BCUT2D eigenvalue weighted by Crippen LogP contribution is 2.28. The molecule has 0 fully saturated rings. The third kappa shape index (κ3) is 4.73. The second-order valence-corrected chi connectivity index (χ2v) is 4.02. The molecule has 1 aromatic rings. The Morgan fingerprint density at radius 1 is 1.40 bits per heavy atom. The van der Waals surface area contributed by atoms with Crippen LogP contribution in [0, 0.1) is 10.1 Å². The molecular weight excluding hydrogens is 290 g/mol. The molecule has 0 spiro atoms. The van der Waals surface area contributed by atoms with Crippen molar-refractivity contribution in [2.24, 2.45) is 0 Å². The van der Waals surface area contributed by atoms with Gasteiger partial charge in [-0.15, -0.1) is 0 Å². The van der Waals surface area contributed by atoms with E-state index < -0.39 is 10.8 Å². The summed E-state index contributed by atoms with van der Waals surface area (Å²) in [5.41, 5.74) is -0.175. The number of halogens is 1. The first kappa shape index (κ1) is 15.7. The highest BCUT2D eigenvalue weighted by atomic mass is 35.5. The highest BCUT2D eigenvalue weighted by molar-refractivity contribution is 6.32. The number of nitrogens with zero attached hydrogens (tertiary/aromatic N) is 1. The van der Waals surface area contributed by atoms with Gasteiger partial charge in [0, 0.05) is 19.2 Å². The Kier molecular flexibility index (Phi) is 5.73. The molecule has 0 bridgehead atoms. The van der Waals surface area contributed by atoms with Gasteiger partial charge in [0.25, 0.3) is 11.6 Å². The number of ether oxygens (including phenoxy) is 1. The fraction of sp³-hybridized carbons (Fsp3) is 0.273. The van der Waals surface area contributed by atoms with E-state index in [1.807, 2.05) is 0 Å². The number of carbonyl (C=O) groups is 2. The van der Waals surface area contributed by atoms with Crippen molar-refractivity contribution in [2.75, 3.05) is 20.2 Å². The van der Waals surface area contributed by atoms with Gasteiger partial charge in [0.1, 0.15) is 5.75 Å². The molecule has 0 atom stereocenters. The summed E-state index contributed by atoms with van der Waals surface area (Å²) in [4.78, 5) is 32.2. The minimum atomic E-state index is -0.592. The van der Waals surface area contributed by atoms with Crippen LogP contribution in [0.25, 0.3) is 0 Å². The normalized spacial score (nSPS) is 9.70. The molecular formula is C11H12ClN3O5. The Balaban J connectivity index is 2.51. The maximum atomic E-state index is 11.4. The van der Waals surface area contributed by atoms with Gasteiger partial charge in [-0.1, -0.05) is 11.6 Å². The van der Waals surface area contributed by atoms with E-state index in [4.69, 9.17) is 16.3 Å². The standard InChI is InChI=1S/C11H12ClN3O5/c1-13-10(16)5-14-11(17)6-20-9-3-2-7(15(18)19)4-8(9)12/h2-4H,5-6H2,1H3,(H,13,16)(H,14,17). The van der Waals surface area contributed by atoms with E-state index in [0.717, 1.165) is 6.07 Å². The molecule has 20 heavy (non-hydrogen) atoms. The van der Waals surface area contributed by atoms with Gasteiger partial charge in [0.2, 0.25) is 5.91 Å². The third-order valence-electron chi connectivity index (χ3n) is 2.21. The Labute approximate surface area is 119 Å². The lowest BCUT2D eigenvalue weighted by Gasteiger charge is -2.08. The zero-order valence-electron chi connectivity index (χ0n) is 10.5. The predicted molar refractivity (Wildman–Crippen MR) is 70.7 cm³/mol. The van der Waals surface area contributed by atoms with Crippen molar-refractivity contribution in [3.63, 3.8) is 0 Å². The van der Waals surface area contributed by atoms with E-state index in [-0.39, 0.29) is 35.5 Å². The molecule has 0 aliphatic heterocycles. The second kappa shape index (κ2) is 7.29. The molecule has 0 aliphatic rings. The summed E-state index contributed by atoms with van der Waals surface area (Å²) in [5, 5.41) is 15.2. The summed E-state index contributed by atoms with van der Waals surface area (Å²) in [6.07, 6.45) is 0. The van der Waals surface area contributed by atoms with Crippen LogP contribution in [-0.4, -0.2) is 36.9 Å². The van der Waals surface area contributed by atoms with Crippen molar-refractivity contribution in [3.8, 4) is 5.75 Å². The van der Waals surface area contributed by atoms with E-state index in [1.165, 1.54) is 19.2 Å². The number of benzene rings is 1. The Morgan fingerprint density at radius 2 is 2.10 bits per heavy atom. The SMILES string of the molecule is CNC(=O)CNC(=O)COc1ccc([N+](=O)[O-])cc1Cl. The molecule has 0 saturated carbocycles. The van der Waals surface area contributed by atoms with Gasteiger partial charge in [-0.3, -0.25) is 19.7 Å². The Morgan fingerprint density at radius 3 is 2.65 bits per heavy atom. The van der Waals surface area contributed by atoms with Crippen LogP contribution in [0.3, 0.4) is 0 Å². The fourth-order valence-electron chi connectivity index (χ4n) is 1.18. The van der Waals surface area contributed by atoms with E-state index in [1.54, 1.807) is 0 Å². The van der Waals surface area contributed by atoms with Gasteiger partial charge < -0.3 is 15.4 Å². The Bertz CT molecular complexity index is 535. The second-order valence-electron chi connectivity index (χ2n) is 3.61. The molecule has 1 rings (SSSR count). The molecule has 0 radical (unpaired) electrons. The summed E-state index contributed by atoms with van der Waals surface area (Å²) in [5.74, 6) is -0.706. The van der Waals surface area contributed by atoms with E-state index in [0.29, 0.717) is 0 Å². The molecule has 0 aromatic heterocycles. The van der Waals surface area contributed by atoms with Crippen molar-refractivity contribution in [1.29, 1.82) is 0 Å². The van der Waals surface area contributed by atoms with Crippen LogP contribution in [0.5, 0.6) is 5.75 Å². The number of rotatable bonds is 6. The van der Waals surface area contributed by atoms with Crippen LogP contribution in [0.15, 0.2) is 18.2 Å². The van der Waals surface area contributed by atoms with Crippen molar-refractivity contribution in [3.05, 3.63) is 33.3 Å². The topological polar surface area (TPSA) is 111 Å². The summed E-state index contributed by atoms with van der Waals surface area (Å²) < 4.78 is 5.10. The zero-order valence-corrected chi connectivity index (χ0v) is 11.3. The summed E-state index contributed by atoms with van der Waals surface area (Å²) >= 11 is 5.78. The number of carbonyl (C=O) groups excluding carboxylic acids is 2. The summed E-state index contributed by atoms with van der Waals surface area (Å²) in [6, 6.07) is 3.63. The molecule has 2 amide bonds. The fourth-order valence-corrected chi connectivity index (χ4v) is 1.41. The minimum absolute atomic E-state index is 0.0262. The number of nitro benzene ring substituents is 1. The lowest BCUT2D eigenvalue weighted by molar-refractivity contribution is -0.384. The molecule has 0 heterocycles. The maximum absolute atomic E-state index is 11.4. The van der Waals surface area contributed by atoms with Crippen LogP contribution in [0.1, 0.15) is 0 Å². The van der Waals surface area contributed by atoms with Crippen LogP contribution in [-0.2, 0) is 9.59 Å². The van der Waals surface area contributed by atoms with E-state index in [2.05, 4.69) is 10.6 Å². The van der Waals surface area contributed by atoms with Crippen molar-refractivity contribution >= 4 is 29.1 Å². The van der Waals surface area contributed by atoms with E-state index in [9.17, 15) is 19.7 Å². The minimum Gasteiger partial charge on any atom is -0.482 e. The molecule has 9 heteroatoms. The first-order valence-electron chi connectivity index (χ1n) is 5.48. The first-order valence-corrected chi connectivity index (χ1v) is 5.86. The number of non-ortho nitro benzene ring substituents is 1. The summed E-state index contributed by atoms with van der Waals surface area (Å²) in [7, 11) is 1.45. The van der Waals surface area contributed by atoms with Crippen molar-refractivity contribution < 1.29 is 19.2 Å². The van der Waals surface area contributed by atoms with Gasteiger partial charge in [-0.2, -0.15) is 0 Å². The van der Waals surface area contributed by atoms with Gasteiger partial charge in [0.15, 0.2) is 6.61 Å². The number of nitro groups is 1. The average Bonchev–Trinajstić information content (AvgIpc) is 2.43. The zero-order chi connectivity index (χ0) is 15.1. The molecule has 2 N–H and O–H groups in total. The van der Waals surface area contributed by atoms with Crippen LogP contribution in [0.2, 0.25) is 5.02 Å². The van der Waals surface area contributed by atoms with Crippen LogP contribution in [0.4, 0.5) is 5.69 Å². The van der Waals surface area contributed by atoms with Crippen molar-refractivity contribution in [1.82, 2.24) is 10.6 Å². The molecule has 108 valence electrons. The maximum Gasteiger partial charge on any atom is 0.271 e. The van der Waals surface area contributed by atoms with Crippen LogP contribution < -0.4 is 15.4 Å². The smallest absolute Gasteiger partial charge is 0.271 e.